The van der Waals surface area contributed by atoms with Gasteiger partial charge in [0, 0.05) is 17.2 Å². The predicted molar refractivity (Wildman–Crippen MR) is 82.0 cm³/mol. The fourth-order valence-electron chi connectivity index (χ4n) is 2.74. The highest BCUT2D eigenvalue weighted by molar-refractivity contribution is 6.03. The van der Waals surface area contributed by atoms with Crippen LogP contribution >= 0.6 is 0 Å². The van der Waals surface area contributed by atoms with Gasteiger partial charge in [0.1, 0.15) is 0 Å². The van der Waals surface area contributed by atoms with Crippen molar-refractivity contribution < 1.29 is 4.79 Å². The highest BCUT2D eigenvalue weighted by atomic mass is 16.2. The number of amides is 1. The van der Waals surface area contributed by atoms with Crippen LogP contribution in [0.15, 0.2) is 53.8 Å². The zero-order valence-electron chi connectivity index (χ0n) is 11.9. The molecule has 0 aromatic heterocycles. The molecule has 2 aliphatic rings. The van der Waals surface area contributed by atoms with Crippen LogP contribution < -0.4 is 5.32 Å². The Bertz CT molecular complexity index is 617. The highest BCUT2D eigenvalue weighted by Crippen LogP contribution is 2.33. The number of hydrogen-bond acceptors (Lipinski definition) is 1. The highest BCUT2D eigenvalue weighted by Gasteiger charge is 2.32. The maximum Gasteiger partial charge on any atom is 0.252 e. The second-order valence-corrected chi connectivity index (χ2v) is 5.71. The molecule has 2 heteroatoms. The van der Waals surface area contributed by atoms with Gasteiger partial charge in [-0.15, -0.1) is 0 Å². The van der Waals surface area contributed by atoms with Crippen LogP contribution in [0.3, 0.4) is 0 Å². The molecule has 1 N–H and O–H groups in total. The van der Waals surface area contributed by atoms with Crippen molar-refractivity contribution in [3.8, 4) is 0 Å². The fraction of sp³-hybridized carbons (Fsp3) is 0.278. The van der Waals surface area contributed by atoms with Gasteiger partial charge in [-0.3, -0.25) is 4.79 Å². The molecule has 20 heavy (non-hydrogen) atoms. The van der Waals surface area contributed by atoms with Gasteiger partial charge in [-0.25, -0.2) is 0 Å². The second kappa shape index (κ2) is 5.12. The minimum absolute atomic E-state index is 0.0397. The molecule has 1 heterocycles. The number of carbonyl (C=O) groups excluding carboxylic acids is 1. The monoisotopic (exact) mass is 265 g/mol. The van der Waals surface area contributed by atoms with Crippen molar-refractivity contribution >= 4 is 12.0 Å². The third-order valence-corrected chi connectivity index (χ3v) is 3.98. The molecule has 1 aromatic rings. The number of fused-ring (bicyclic) bond motifs is 1. The molecule has 1 aliphatic carbocycles. The molecule has 0 spiro atoms. The zero-order chi connectivity index (χ0) is 14.1. The van der Waals surface area contributed by atoms with E-state index in [0.717, 1.165) is 23.3 Å². The Morgan fingerprint density at radius 3 is 2.70 bits per heavy atom. The largest absolute Gasteiger partial charge is 0.325 e. The zero-order valence-corrected chi connectivity index (χ0v) is 11.9. The molecular weight excluding hydrogens is 246 g/mol. The molecule has 3 rings (SSSR count). The summed E-state index contributed by atoms with van der Waals surface area (Å²) in [6.45, 7) is 4.37. The normalized spacial score (nSPS) is 22.9. The molecule has 1 aromatic carbocycles. The smallest absolute Gasteiger partial charge is 0.252 e. The third kappa shape index (κ3) is 2.34. The van der Waals surface area contributed by atoms with Crippen LogP contribution in [0.2, 0.25) is 0 Å². The number of allylic oxidation sites excluding steroid dienone is 4. The van der Waals surface area contributed by atoms with Gasteiger partial charge in [0.15, 0.2) is 0 Å². The van der Waals surface area contributed by atoms with Crippen LogP contribution in [-0.4, -0.2) is 5.91 Å². The Labute approximate surface area is 119 Å². The Morgan fingerprint density at radius 1 is 1.25 bits per heavy atom. The van der Waals surface area contributed by atoms with E-state index < -0.39 is 0 Å². The minimum Gasteiger partial charge on any atom is -0.325 e. The molecule has 0 bridgehead atoms. The Kier molecular flexibility index (Phi) is 3.31. The maximum absolute atomic E-state index is 12.1. The summed E-state index contributed by atoms with van der Waals surface area (Å²) in [7, 11) is 0. The lowest BCUT2D eigenvalue weighted by atomic mass is 9.91. The quantitative estimate of drug-likeness (QED) is 0.810. The second-order valence-electron chi connectivity index (χ2n) is 5.71. The number of nitrogens with one attached hydrogen (secondary N) is 1. The van der Waals surface area contributed by atoms with E-state index in [2.05, 4.69) is 49.5 Å². The molecule has 1 saturated heterocycles. The van der Waals surface area contributed by atoms with Crippen molar-refractivity contribution in [3.05, 3.63) is 64.9 Å². The van der Waals surface area contributed by atoms with Gasteiger partial charge in [0.2, 0.25) is 0 Å². The van der Waals surface area contributed by atoms with E-state index in [1.54, 1.807) is 0 Å². The maximum atomic E-state index is 12.1. The number of hydrogen-bond donors (Lipinski definition) is 1. The van der Waals surface area contributed by atoms with Gasteiger partial charge in [0.25, 0.3) is 5.91 Å². The molecule has 2 nitrogen and oxygen atoms in total. The SMILES string of the molecule is CC(C)c1ccc(C=C2C(=O)NC3=CC=CCC32)cc1. The van der Waals surface area contributed by atoms with E-state index in [-0.39, 0.29) is 11.8 Å². The molecule has 1 amide bonds. The van der Waals surface area contributed by atoms with E-state index in [0.29, 0.717) is 5.92 Å². The molecular formula is C18H19NO. The summed E-state index contributed by atoms with van der Waals surface area (Å²) in [6, 6.07) is 8.47. The average Bonchev–Trinajstić information content (AvgIpc) is 2.76. The van der Waals surface area contributed by atoms with Crippen molar-refractivity contribution in [2.24, 2.45) is 5.92 Å². The van der Waals surface area contributed by atoms with Crippen LogP contribution in [-0.2, 0) is 4.79 Å². The van der Waals surface area contributed by atoms with Crippen LogP contribution in [0.4, 0.5) is 0 Å². The van der Waals surface area contributed by atoms with Crippen molar-refractivity contribution in [2.45, 2.75) is 26.2 Å². The van der Waals surface area contributed by atoms with Crippen LogP contribution in [0, 0.1) is 5.92 Å². The summed E-state index contributed by atoms with van der Waals surface area (Å²) in [5.74, 6) is 0.777. The molecule has 1 atom stereocenters. The van der Waals surface area contributed by atoms with Crippen molar-refractivity contribution in [1.82, 2.24) is 5.32 Å². The summed E-state index contributed by atoms with van der Waals surface area (Å²) in [4.78, 5) is 12.1. The number of carbonyl (C=O) groups is 1. The van der Waals surface area contributed by atoms with Crippen molar-refractivity contribution in [2.75, 3.05) is 0 Å². The number of rotatable bonds is 2. The van der Waals surface area contributed by atoms with Crippen molar-refractivity contribution in [3.63, 3.8) is 0 Å². The molecule has 1 aliphatic heterocycles. The molecule has 102 valence electrons. The summed E-state index contributed by atoms with van der Waals surface area (Å²) in [6.07, 6.45) is 9.04. The average molecular weight is 265 g/mol. The number of benzene rings is 1. The Balaban J connectivity index is 1.90. The first kappa shape index (κ1) is 12.9. The van der Waals surface area contributed by atoms with Gasteiger partial charge in [-0.05, 0) is 35.6 Å². The van der Waals surface area contributed by atoms with Crippen LogP contribution in [0.5, 0.6) is 0 Å². The molecule has 1 fully saturated rings. The molecule has 0 radical (unpaired) electrons. The van der Waals surface area contributed by atoms with Gasteiger partial charge >= 0.3 is 0 Å². The van der Waals surface area contributed by atoms with Crippen molar-refractivity contribution in [1.29, 1.82) is 0 Å². The van der Waals surface area contributed by atoms with Crippen LogP contribution in [0.25, 0.3) is 6.08 Å². The topological polar surface area (TPSA) is 29.1 Å². The first-order valence-corrected chi connectivity index (χ1v) is 7.15. The Morgan fingerprint density at radius 2 is 2.00 bits per heavy atom. The lowest BCUT2D eigenvalue weighted by Crippen LogP contribution is -2.13. The summed E-state index contributed by atoms with van der Waals surface area (Å²) in [5.41, 5.74) is 4.32. The summed E-state index contributed by atoms with van der Waals surface area (Å²) in [5, 5.41) is 2.96. The summed E-state index contributed by atoms with van der Waals surface area (Å²) >= 11 is 0. The van der Waals surface area contributed by atoms with E-state index in [1.807, 2.05) is 18.2 Å². The van der Waals surface area contributed by atoms with Gasteiger partial charge in [-0.1, -0.05) is 50.3 Å². The fourth-order valence-corrected chi connectivity index (χ4v) is 2.74. The first-order valence-electron chi connectivity index (χ1n) is 7.15. The lowest BCUT2D eigenvalue weighted by Gasteiger charge is -2.12. The van der Waals surface area contributed by atoms with Gasteiger partial charge < -0.3 is 5.32 Å². The van der Waals surface area contributed by atoms with E-state index >= 15 is 0 Å². The lowest BCUT2D eigenvalue weighted by molar-refractivity contribution is -0.115. The standard InChI is InChI=1S/C18H19NO/c1-12(2)14-9-7-13(8-10-14)11-16-15-5-3-4-6-17(15)19-18(16)20/h3-4,6-12,15H,5H2,1-2H3,(H,19,20). The van der Waals surface area contributed by atoms with E-state index in [4.69, 9.17) is 0 Å². The third-order valence-electron chi connectivity index (χ3n) is 3.98. The minimum atomic E-state index is 0.0397. The van der Waals surface area contributed by atoms with Gasteiger partial charge in [-0.2, -0.15) is 0 Å². The first-order chi connectivity index (χ1) is 9.65. The summed E-state index contributed by atoms with van der Waals surface area (Å²) < 4.78 is 0. The predicted octanol–water partition coefficient (Wildman–Crippen LogP) is 3.78. The van der Waals surface area contributed by atoms with E-state index in [1.165, 1.54) is 5.56 Å². The van der Waals surface area contributed by atoms with E-state index in [9.17, 15) is 4.79 Å². The Hall–Kier alpha value is -2.09. The molecule has 1 unspecified atom stereocenters. The van der Waals surface area contributed by atoms with Crippen LogP contribution in [0.1, 0.15) is 37.3 Å². The van der Waals surface area contributed by atoms with Gasteiger partial charge in [0.05, 0.1) is 0 Å². The molecule has 0 saturated carbocycles.